The first-order chi connectivity index (χ1) is 13.1. The molecule has 1 aromatic rings. The molecule has 3 heterocycles. The number of nitrogens with zero attached hydrogens (tertiary/aromatic N) is 2. The zero-order valence-electron chi connectivity index (χ0n) is 16.5. The maximum atomic E-state index is 12.4. The molecule has 1 N–H and O–H groups in total. The van der Waals surface area contributed by atoms with E-state index in [1.807, 2.05) is 22.4 Å². The van der Waals surface area contributed by atoms with Crippen LogP contribution in [0.2, 0.25) is 0 Å². The Morgan fingerprint density at radius 3 is 2.67 bits per heavy atom. The molecule has 2 amide bonds. The van der Waals surface area contributed by atoms with E-state index in [2.05, 4.69) is 17.1 Å². The number of carbonyl (C=O) groups is 2. The highest BCUT2D eigenvalue weighted by Gasteiger charge is 2.28. The molecule has 0 spiro atoms. The number of rotatable bonds is 7. The molecule has 5 nitrogen and oxygen atoms in total. The minimum Gasteiger partial charge on any atom is -0.356 e. The molecule has 0 aliphatic carbocycles. The van der Waals surface area contributed by atoms with Crippen molar-refractivity contribution in [3.8, 4) is 0 Å². The molecule has 1 aromatic heterocycles. The Hall–Kier alpha value is -1.40. The van der Waals surface area contributed by atoms with E-state index in [0.717, 1.165) is 49.7 Å². The van der Waals surface area contributed by atoms with Crippen LogP contribution < -0.4 is 5.32 Å². The number of unbranched alkanes of at least 4 members (excludes halogenated alkanes) is 1. The second kappa shape index (κ2) is 10.2. The quantitative estimate of drug-likeness (QED) is 0.725. The summed E-state index contributed by atoms with van der Waals surface area (Å²) in [7, 11) is 0. The topological polar surface area (TPSA) is 52.7 Å². The molecule has 2 saturated heterocycles. The van der Waals surface area contributed by atoms with Gasteiger partial charge in [0.05, 0.1) is 4.88 Å². The Balaban J connectivity index is 1.29. The number of thiophene rings is 1. The molecule has 150 valence electrons. The van der Waals surface area contributed by atoms with Gasteiger partial charge in [0.1, 0.15) is 0 Å². The monoisotopic (exact) mass is 391 g/mol. The third-order valence-corrected chi connectivity index (χ3v) is 6.85. The average molecular weight is 392 g/mol. The van der Waals surface area contributed by atoms with Crippen molar-refractivity contribution in [1.82, 2.24) is 15.1 Å². The maximum Gasteiger partial charge on any atom is 0.263 e. The van der Waals surface area contributed by atoms with Crippen LogP contribution in [0.4, 0.5) is 0 Å². The predicted molar refractivity (Wildman–Crippen MR) is 110 cm³/mol. The lowest BCUT2D eigenvalue weighted by Crippen LogP contribution is -2.43. The summed E-state index contributed by atoms with van der Waals surface area (Å²) in [5.74, 6) is 0.333. The molecule has 2 aliphatic heterocycles. The lowest BCUT2D eigenvalue weighted by Gasteiger charge is -2.33. The Labute approximate surface area is 167 Å². The number of nitrogens with one attached hydrogen (secondary N) is 1. The molecule has 0 aromatic carbocycles. The molecule has 0 radical (unpaired) electrons. The Kier molecular flexibility index (Phi) is 7.70. The highest BCUT2D eigenvalue weighted by Crippen LogP contribution is 2.21. The van der Waals surface area contributed by atoms with E-state index in [-0.39, 0.29) is 17.7 Å². The number of amides is 2. The zero-order valence-corrected chi connectivity index (χ0v) is 17.3. The van der Waals surface area contributed by atoms with E-state index in [0.29, 0.717) is 13.1 Å². The van der Waals surface area contributed by atoms with Gasteiger partial charge < -0.3 is 15.1 Å². The van der Waals surface area contributed by atoms with Crippen molar-refractivity contribution in [2.45, 2.75) is 57.9 Å². The first kappa shape index (κ1) is 20.3. The van der Waals surface area contributed by atoms with Gasteiger partial charge in [-0.3, -0.25) is 9.59 Å². The van der Waals surface area contributed by atoms with Gasteiger partial charge in [-0.1, -0.05) is 12.5 Å². The van der Waals surface area contributed by atoms with E-state index < -0.39 is 0 Å². The van der Waals surface area contributed by atoms with Crippen molar-refractivity contribution in [2.24, 2.45) is 5.92 Å². The van der Waals surface area contributed by atoms with E-state index in [9.17, 15) is 9.59 Å². The van der Waals surface area contributed by atoms with Gasteiger partial charge >= 0.3 is 0 Å². The second-order valence-electron chi connectivity index (χ2n) is 7.92. The summed E-state index contributed by atoms with van der Waals surface area (Å²) in [6.45, 7) is 6.85. The first-order valence-corrected chi connectivity index (χ1v) is 11.4. The van der Waals surface area contributed by atoms with E-state index in [1.165, 1.54) is 37.1 Å². The van der Waals surface area contributed by atoms with Gasteiger partial charge in [-0.2, -0.15) is 0 Å². The molecule has 1 unspecified atom stereocenters. The number of hydrogen-bond donors (Lipinski definition) is 1. The summed E-state index contributed by atoms with van der Waals surface area (Å²) in [6, 6.07) is 4.50. The van der Waals surface area contributed by atoms with Gasteiger partial charge in [0.25, 0.3) is 5.91 Å². The molecular formula is C21H33N3O2S. The molecule has 0 bridgehead atoms. The number of likely N-dealkylation sites (tertiary alicyclic amines) is 2. The van der Waals surface area contributed by atoms with Crippen molar-refractivity contribution in [3.05, 3.63) is 22.4 Å². The molecule has 3 rings (SSSR count). The molecular weight excluding hydrogens is 358 g/mol. The Morgan fingerprint density at radius 1 is 1.15 bits per heavy atom. The summed E-state index contributed by atoms with van der Waals surface area (Å²) < 4.78 is 0. The standard InChI is InChI=1S/C21H33N3O2S/c1-17-7-2-4-12-23(17)13-5-3-11-22-20(25)18-9-14-24(15-10-18)21(26)19-8-6-16-27-19/h6,8,16-18H,2-5,7,9-15H2,1H3,(H,22,25). The van der Waals surface area contributed by atoms with Gasteiger partial charge in [0, 0.05) is 31.6 Å². The molecule has 0 saturated carbocycles. The predicted octanol–water partition coefficient (Wildman–Crippen LogP) is 3.37. The molecule has 27 heavy (non-hydrogen) atoms. The van der Waals surface area contributed by atoms with Gasteiger partial charge in [-0.25, -0.2) is 0 Å². The third kappa shape index (κ3) is 5.79. The summed E-state index contributed by atoms with van der Waals surface area (Å²) >= 11 is 1.48. The van der Waals surface area contributed by atoms with Gasteiger partial charge in [-0.05, 0) is 70.0 Å². The highest BCUT2D eigenvalue weighted by atomic mass is 32.1. The van der Waals surface area contributed by atoms with Gasteiger partial charge in [-0.15, -0.1) is 11.3 Å². The van der Waals surface area contributed by atoms with Crippen molar-refractivity contribution < 1.29 is 9.59 Å². The molecule has 2 aliphatic rings. The molecule has 2 fully saturated rings. The van der Waals surface area contributed by atoms with Crippen LogP contribution >= 0.6 is 11.3 Å². The third-order valence-electron chi connectivity index (χ3n) is 6.00. The van der Waals surface area contributed by atoms with Gasteiger partial charge in [0.2, 0.25) is 5.91 Å². The smallest absolute Gasteiger partial charge is 0.263 e. The van der Waals surface area contributed by atoms with Crippen molar-refractivity contribution in [3.63, 3.8) is 0 Å². The fraction of sp³-hybridized carbons (Fsp3) is 0.714. The van der Waals surface area contributed by atoms with Crippen LogP contribution in [0.5, 0.6) is 0 Å². The van der Waals surface area contributed by atoms with Crippen molar-refractivity contribution >= 4 is 23.2 Å². The van der Waals surface area contributed by atoms with E-state index in [1.54, 1.807) is 0 Å². The minimum absolute atomic E-state index is 0.0551. The summed E-state index contributed by atoms with van der Waals surface area (Å²) in [5, 5.41) is 5.04. The zero-order chi connectivity index (χ0) is 19.1. The van der Waals surface area contributed by atoms with E-state index >= 15 is 0 Å². The molecule has 6 heteroatoms. The number of carbonyl (C=O) groups excluding carboxylic acids is 2. The van der Waals surface area contributed by atoms with Crippen LogP contribution in [-0.4, -0.2) is 60.4 Å². The highest BCUT2D eigenvalue weighted by molar-refractivity contribution is 7.12. The van der Waals surface area contributed by atoms with Crippen molar-refractivity contribution in [1.29, 1.82) is 0 Å². The number of piperidine rings is 2. The maximum absolute atomic E-state index is 12.4. The Morgan fingerprint density at radius 2 is 1.96 bits per heavy atom. The van der Waals surface area contributed by atoms with E-state index in [4.69, 9.17) is 0 Å². The van der Waals surface area contributed by atoms with Crippen LogP contribution in [-0.2, 0) is 4.79 Å². The molecule has 1 atom stereocenters. The second-order valence-corrected chi connectivity index (χ2v) is 8.87. The minimum atomic E-state index is 0.0551. The van der Waals surface area contributed by atoms with Gasteiger partial charge in [0.15, 0.2) is 0 Å². The van der Waals surface area contributed by atoms with Crippen molar-refractivity contribution in [2.75, 3.05) is 32.7 Å². The summed E-state index contributed by atoms with van der Waals surface area (Å²) in [5.41, 5.74) is 0. The normalized spacial score (nSPS) is 22.0. The van der Waals surface area contributed by atoms with Crippen LogP contribution in [0.25, 0.3) is 0 Å². The van der Waals surface area contributed by atoms with Crippen LogP contribution in [0.15, 0.2) is 17.5 Å². The lowest BCUT2D eigenvalue weighted by molar-refractivity contribution is -0.126. The summed E-state index contributed by atoms with van der Waals surface area (Å²) in [6.07, 6.45) is 7.76. The average Bonchev–Trinajstić information content (AvgIpc) is 3.23. The summed E-state index contributed by atoms with van der Waals surface area (Å²) in [4.78, 5) is 30.0. The first-order valence-electron chi connectivity index (χ1n) is 10.5. The fourth-order valence-corrected chi connectivity index (χ4v) is 4.88. The van der Waals surface area contributed by atoms with Crippen LogP contribution in [0.1, 0.15) is 61.5 Å². The van der Waals surface area contributed by atoms with Crippen LogP contribution in [0, 0.1) is 5.92 Å². The number of hydrogen-bond acceptors (Lipinski definition) is 4. The fourth-order valence-electron chi connectivity index (χ4n) is 4.19. The lowest BCUT2D eigenvalue weighted by atomic mass is 9.95. The SMILES string of the molecule is CC1CCCCN1CCCCNC(=O)C1CCN(C(=O)c2cccs2)CC1. The van der Waals surface area contributed by atoms with Crippen LogP contribution in [0.3, 0.4) is 0 Å². The largest absolute Gasteiger partial charge is 0.356 e. The Bertz CT molecular complexity index is 597.